The van der Waals surface area contributed by atoms with E-state index in [1.165, 1.54) is 6.42 Å². The molecule has 1 aromatic rings. The summed E-state index contributed by atoms with van der Waals surface area (Å²) in [5.74, 6) is 1.95. The van der Waals surface area contributed by atoms with E-state index in [1.807, 2.05) is 24.1 Å². The number of hydrogen-bond donors (Lipinski definition) is 1. The Kier molecular flexibility index (Phi) is 5.21. The lowest BCUT2D eigenvalue weighted by Crippen LogP contribution is -2.32. The lowest BCUT2D eigenvalue weighted by molar-refractivity contribution is 0.0760. The number of nitrogens with zero attached hydrogens (tertiary/aromatic N) is 2. The minimum Gasteiger partial charge on any atom is -0.373 e. The molecule has 1 fully saturated rings. The molecule has 0 bridgehead atoms. The topological polar surface area (TPSA) is 45.2 Å². The van der Waals surface area contributed by atoms with E-state index in [1.54, 1.807) is 0 Å². The standard InChI is InChI=1S/C17H27N3O/c1-12(2)15-10-14(11-16(18-4)19-15)17(21)20-8-5-6-13(3)7-9-20/h10-13H,5-9H2,1-4H3,(H,18,19). The molecule has 0 saturated carbocycles. The lowest BCUT2D eigenvalue weighted by Gasteiger charge is -2.21. The van der Waals surface area contributed by atoms with Crippen LogP contribution in [0.1, 0.15) is 62.0 Å². The van der Waals surface area contributed by atoms with Crippen LogP contribution >= 0.6 is 0 Å². The summed E-state index contributed by atoms with van der Waals surface area (Å²) in [5, 5.41) is 3.06. The molecule has 1 aliphatic rings. The van der Waals surface area contributed by atoms with Gasteiger partial charge in [-0.05, 0) is 43.2 Å². The Morgan fingerprint density at radius 1 is 1.33 bits per heavy atom. The van der Waals surface area contributed by atoms with Gasteiger partial charge in [-0.25, -0.2) is 4.98 Å². The molecule has 0 radical (unpaired) electrons. The third-order valence-electron chi connectivity index (χ3n) is 4.24. The van der Waals surface area contributed by atoms with Crippen molar-refractivity contribution >= 4 is 11.7 Å². The van der Waals surface area contributed by atoms with E-state index in [9.17, 15) is 4.79 Å². The van der Waals surface area contributed by atoms with Gasteiger partial charge in [0, 0.05) is 31.4 Å². The Morgan fingerprint density at radius 2 is 2.10 bits per heavy atom. The molecular formula is C17H27N3O. The van der Waals surface area contributed by atoms with Gasteiger partial charge in [-0.15, -0.1) is 0 Å². The fourth-order valence-electron chi connectivity index (χ4n) is 2.75. The number of carbonyl (C=O) groups is 1. The van der Waals surface area contributed by atoms with Gasteiger partial charge in [-0.3, -0.25) is 4.79 Å². The highest BCUT2D eigenvalue weighted by Crippen LogP contribution is 2.21. The molecule has 4 nitrogen and oxygen atoms in total. The first-order valence-corrected chi connectivity index (χ1v) is 8.00. The van der Waals surface area contributed by atoms with Crippen molar-refractivity contribution < 1.29 is 4.79 Å². The predicted molar refractivity (Wildman–Crippen MR) is 86.8 cm³/mol. The van der Waals surface area contributed by atoms with Gasteiger partial charge >= 0.3 is 0 Å². The number of carbonyl (C=O) groups excluding carboxylic acids is 1. The first-order valence-electron chi connectivity index (χ1n) is 8.00. The minimum atomic E-state index is 0.143. The summed E-state index contributed by atoms with van der Waals surface area (Å²) in [6.07, 6.45) is 3.43. The second kappa shape index (κ2) is 6.92. The molecule has 1 N–H and O–H groups in total. The summed E-state index contributed by atoms with van der Waals surface area (Å²) >= 11 is 0. The molecule has 116 valence electrons. The second-order valence-corrected chi connectivity index (χ2v) is 6.40. The quantitative estimate of drug-likeness (QED) is 0.926. The Bertz CT molecular complexity index is 499. The zero-order valence-corrected chi connectivity index (χ0v) is 13.6. The Hall–Kier alpha value is -1.58. The molecule has 4 heteroatoms. The highest BCUT2D eigenvalue weighted by Gasteiger charge is 2.21. The molecule has 1 aromatic heterocycles. The minimum absolute atomic E-state index is 0.143. The molecule has 1 amide bonds. The number of aromatic nitrogens is 1. The van der Waals surface area contributed by atoms with Crippen LogP contribution in [-0.4, -0.2) is 35.9 Å². The SMILES string of the molecule is CNc1cc(C(=O)N2CCCC(C)CC2)cc(C(C)C)n1. The van der Waals surface area contributed by atoms with Gasteiger partial charge in [0.2, 0.25) is 0 Å². The molecule has 1 atom stereocenters. The van der Waals surface area contributed by atoms with Crippen molar-refractivity contribution in [3.05, 3.63) is 23.4 Å². The van der Waals surface area contributed by atoms with E-state index >= 15 is 0 Å². The summed E-state index contributed by atoms with van der Waals surface area (Å²) in [7, 11) is 1.84. The maximum absolute atomic E-state index is 12.8. The van der Waals surface area contributed by atoms with Crippen molar-refractivity contribution in [2.24, 2.45) is 5.92 Å². The van der Waals surface area contributed by atoms with E-state index < -0.39 is 0 Å². The highest BCUT2D eigenvalue weighted by molar-refractivity contribution is 5.95. The first kappa shape index (κ1) is 15.8. The van der Waals surface area contributed by atoms with Crippen LogP contribution in [0, 0.1) is 5.92 Å². The van der Waals surface area contributed by atoms with E-state index in [0.717, 1.165) is 48.9 Å². The van der Waals surface area contributed by atoms with Crippen LogP contribution in [0.4, 0.5) is 5.82 Å². The zero-order valence-electron chi connectivity index (χ0n) is 13.6. The van der Waals surface area contributed by atoms with Gasteiger partial charge in [0.05, 0.1) is 0 Å². The normalized spacial score (nSPS) is 19.5. The highest BCUT2D eigenvalue weighted by atomic mass is 16.2. The second-order valence-electron chi connectivity index (χ2n) is 6.40. The average Bonchev–Trinajstić information content (AvgIpc) is 2.70. The van der Waals surface area contributed by atoms with Crippen LogP contribution in [0.2, 0.25) is 0 Å². The van der Waals surface area contributed by atoms with Crippen molar-refractivity contribution in [3.63, 3.8) is 0 Å². The van der Waals surface area contributed by atoms with Gasteiger partial charge in [0.1, 0.15) is 5.82 Å². The molecule has 1 aliphatic heterocycles. The number of anilines is 1. The van der Waals surface area contributed by atoms with Gasteiger partial charge in [0.15, 0.2) is 0 Å². The van der Waals surface area contributed by atoms with Crippen LogP contribution in [0.5, 0.6) is 0 Å². The van der Waals surface area contributed by atoms with Crippen molar-refractivity contribution in [3.8, 4) is 0 Å². The summed E-state index contributed by atoms with van der Waals surface area (Å²) in [5.41, 5.74) is 1.72. The Morgan fingerprint density at radius 3 is 2.76 bits per heavy atom. The number of amides is 1. The maximum atomic E-state index is 12.8. The summed E-state index contributed by atoms with van der Waals surface area (Å²) in [6, 6.07) is 3.81. The van der Waals surface area contributed by atoms with Gasteiger partial charge in [-0.1, -0.05) is 20.8 Å². The van der Waals surface area contributed by atoms with Crippen LogP contribution in [0.25, 0.3) is 0 Å². The van der Waals surface area contributed by atoms with Gasteiger partial charge < -0.3 is 10.2 Å². The van der Waals surface area contributed by atoms with Crippen molar-refractivity contribution in [1.82, 2.24) is 9.88 Å². The molecule has 0 spiro atoms. The monoisotopic (exact) mass is 289 g/mol. The fourth-order valence-corrected chi connectivity index (χ4v) is 2.75. The van der Waals surface area contributed by atoms with Crippen molar-refractivity contribution in [2.75, 3.05) is 25.5 Å². The summed E-state index contributed by atoms with van der Waals surface area (Å²) < 4.78 is 0. The molecule has 2 heterocycles. The number of likely N-dealkylation sites (tertiary alicyclic amines) is 1. The molecular weight excluding hydrogens is 262 g/mol. The Balaban J connectivity index is 2.23. The smallest absolute Gasteiger partial charge is 0.254 e. The molecule has 0 aliphatic carbocycles. The zero-order chi connectivity index (χ0) is 15.4. The predicted octanol–water partition coefficient (Wildman–Crippen LogP) is 3.51. The van der Waals surface area contributed by atoms with E-state index in [2.05, 4.69) is 31.1 Å². The maximum Gasteiger partial charge on any atom is 0.254 e. The third kappa shape index (κ3) is 3.96. The van der Waals surface area contributed by atoms with Gasteiger partial charge in [0.25, 0.3) is 5.91 Å². The molecule has 21 heavy (non-hydrogen) atoms. The molecule has 1 saturated heterocycles. The molecule has 2 rings (SSSR count). The number of hydrogen-bond acceptors (Lipinski definition) is 3. The number of pyridine rings is 1. The van der Waals surface area contributed by atoms with E-state index in [-0.39, 0.29) is 5.91 Å². The summed E-state index contributed by atoms with van der Waals surface area (Å²) in [4.78, 5) is 19.3. The third-order valence-corrected chi connectivity index (χ3v) is 4.24. The van der Waals surface area contributed by atoms with Crippen molar-refractivity contribution in [1.29, 1.82) is 0 Å². The van der Waals surface area contributed by atoms with Crippen LogP contribution in [0.3, 0.4) is 0 Å². The van der Waals surface area contributed by atoms with E-state index in [4.69, 9.17) is 0 Å². The van der Waals surface area contributed by atoms with Crippen molar-refractivity contribution in [2.45, 2.75) is 46.0 Å². The van der Waals surface area contributed by atoms with Gasteiger partial charge in [-0.2, -0.15) is 0 Å². The average molecular weight is 289 g/mol. The van der Waals surface area contributed by atoms with Crippen LogP contribution < -0.4 is 5.32 Å². The lowest BCUT2D eigenvalue weighted by atomic mass is 10.0. The Labute approximate surface area is 127 Å². The van der Waals surface area contributed by atoms with E-state index in [0.29, 0.717) is 5.92 Å². The van der Waals surface area contributed by atoms with Crippen LogP contribution in [-0.2, 0) is 0 Å². The van der Waals surface area contributed by atoms with Crippen LogP contribution in [0.15, 0.2) is 12.1 Å². The summed E-state index contributed by atoms with van der Waals surface area (Å²) in [6.45, 7) is 8.22. The fraction of sp³-hybridized carbons (Fsp3) is 0.647. The largest absolute Gasteiger partial charge is 0.373 e. The molecule has 1 unspecified atom stereocenters. The number of rotatable bonds is 3. The molecule has 0 aromatic carbocycles. The number of nitrogens with one attached hydrogen (secondary N) is 1. The first-order chi connectivity index (χ1) is 10.0.